The Hall–Kier alpha value is -3.06. The van der Waals surface area contributed by atoms with Gasteiger partial charge >= 0.3 is 5.76 Å². The first-order valence-electron chi connectivity index (χ1n) is 10.9. The minimum absolute atomic E-state index is 0.00815. The van der Waals surface area contributed by atoms with E-state index in [0.29, 0.717) is 29.1 Å². The highest BCUT2D eigenvalue weighted by Crippen LogP contribution is 2.49. The van der Waals surface area contributed by atoms with Gasteiger partial charge in [-0.25, -0.2) is 4.79 Å². The Bertz CT molecular complexity index is 1250. The SMILES string of the molecule is CC1c2cc(NC3CC4(C3)CN(C)C4)ccc2C(=O)N1Cc1ccc2[nH]c(=O)oc2c1. The standard InChI is InChI=1S/C24H26N4O3/c1-14-19-8-16(25-17-9-24(10-17)12-27(2)13-24)4-5-18(19)22(29)28(14)11-15-3-6-20-21(7-15)31-23(30)26-20/h3-8,14,17,25H,9-13H2,1-2H3,(H,26,30). The number of anilines is 1. The molecule has 3 heterocycles. The van der Waals surface area contributed by atoms with Gasteiger partial charge < -0.3 is 19.5 Å². The zero-order valence-corrected chi connectivity index (χ0v) is 17.8. The van der Waals surface area contributed by atoms with E-state index >= 15 is 0 Å². The topological polar surface area (TPSA) is 81.6 Å². The van der Waals surface area contributed by atoms with Crippen LogP contribution in [0.25, 0.3) is 11.1 Å². The van der Waals surface area contributed by atoms with Crippen molar-refractivity contribution in [2.45, 2.75) is 38.4 Å². The summed E-state index contributed by atoms with van der Waals surface area (Å²) >= 11 is 0. The van der Waals surface area contributed by atoms with Crippen LogP contribution in [0.1, 0.15) is 47.3 Å². The molecule has 1 spiro atoms. The van der Waals surface area contributed by atoms with Crippen molar-refractivity contribution in [3.05, 3.63) is 63.6 Å². The lowest BCUT2D eigenvalue weighted by atomic mass is 9.61. The summed E-state index contributed by atoms with van der Waals surface area (Å²) in [6.45, 7) is 4.98. The van der Waals surface area contributed by atoms with Crippen molar-refractivity contribution < 1.29 is 9.21 Å². The number of amides is 1. The number of hydrogen-bond acceptors (Lipinski definition) is 5. The molecule has 0 radical (unpaired) electrons. The highest BCUT2D eigenvalue weighted by Gasteiger charge is 2.51. The van der Waals surface area contributed by atoms with Crippen LogP contribution in [0.5, 0.6) is 0 Å². The molecule has 2 aromatic carbocycles. The maximum absolute atomic E-state index is 13.1. The summed E-state index contributed by atoms with van der Waals surface area (Å²) in [4.78, 5) is 31.4. The number of nitrogens with one attached hydrogen (secondary N) is 2. The summed E-state index contributed by atoms with van der Waals surface area (Å²) in [5.41, 5.74) is 5.61. The lowest BCUT2D eigenvalue weighted by Gasteiger charge is -2.58. The van der Waals surface area contributed by atoms with Crippen LogP contribution >= 0.6 is 0 Å². The molecule has 7 nitrogen and oxygen atoms in total. The normalized spacial score (nSPS) is 22.6. The lowest BCUT2D eigenvalue weighted by molar-refractivity contribution is -0.0513. The minimum Gasteiger partial charge on any atom is -0.408 e. The van der Waals surface area contributed by atoms with Gasteiger partial charge in [-0.15, -0.1) is 0 Å². The molecule has 3 aromatic rings. The predicted molar refractivity (Wildman–Crippen MR) is 118 cm³/mol. The van der Waals surface area contributed by atoms with Gasteiger partial charge in [0.1, 0.15) is 0 Å². The third-order valence-electron chi connectivity index (χ3n) is 7.24. The second-order valence-electron chi connectivity index (χ2n) is 9.68. The molecular weight excluding hydrogens is 392 g/mol. The van der Waals surface area contributed by atoms with Crippen molar-refractivity contribution >= 4 is 22.7 Å². The molecule has 0 bridgehead atoms. The number of aromatic nitrogens is 1. The third kappa shape index (κ3) is 2.98. The molecule has 6 rings (SSSR count). The highest BCUT2D eigenvalue weighted by atomic mass is 16.4. The number of H-pyrrole nitrogens is 1. The first kappa shape index (κ1) is 18.7. The second kappa shape index (κ2) is 6.47. The number of hydrogen-bond donors (Lipinski definition) is 2. The summed E-state index contributed by atoms with van der Waals surface area (Å²) in [6, 6.07) is 12.2. The maximum Gasteiger partial charge on any atom is 0.417 e. The van der Waals surface area contributed by atoms with Crippen LogP contribution in [0, 0.1) is 5.41 Å². The molecule has 2 N–H and O–H groups in total. The number of carbonyl (C=O) groups excluding carboxylic acids is 1. The fraction of sp³-hybridized carbons (Fsp3) is 0.417. The van der Waals surface area contributed by atoms with Crippen molar-refractivity contribution in [3.63, 3.8) is 0 Å². The number of fused-ring (bicyclic) bond motifs is 2. The van der Waals surface area contributed by atoms with Gasteiger partial charge in [0.05, 0.1) is 11.6 Å². The van der Waals surface area contributed by atoms with Crippen molar-refractivity contribution in [2.24, 2.45) is 5.41 Å². The molecule has 1 aliphatic carbocycles. The summed E-state index contributed by atoms with van der Waals surface area (Å²) in [7, 11) is 2.18. The summed E-state index contributed by atoms with van der Waals surface area (Å²) in [5, 5.41) is 3.67. The zero-order chi connectivity index (χ0) is 21.3. The Morgan fingerprint density at radius 2 is 1.97 bits per heavy atom. The molecule has 160 valence electrons. The molecule has 1 unspecified atom stereocenters. The van der Waals surface area contributed by atoms with Gasteiger partial charge in [-0.3, -0.25) is 9.78 Å². The smallest absolute Gasteiger partial charge is 0.408 e. The van der Waals surface area contributed by atoms with Gasteiger partial charge in [0.25, 0.3) is 5.91 Å². The van der Waals surface area contributed by atoms with Crippen LogP contribution in [0.15, 0.2) is 45.6 Å². The minimum atomic E-state index is -0.466. The number of oxazole rings is 1. The maximum atomic E-state index is 13.1. The van der Waals surface area contributed by atoms with Crippen LogP contribution in [0.4, 0.5) is 5.69 Å². The molecule has 1 aromatic heterocycles. The number of rotatable bonds is 4. The van der Waals surface area contributed by atoms with Crippen molar-refractivity contribution in [1.29, 1.82) is 0 Å². The van der Waals surface area contributed by atoms with E-state index in [0.717, 1.165) is 22.4 Å². The number of likely N-dealkylation sites (tertiary alicyclic amines) is 1. The first-order chi connectivity index (χ1) is 14.9. The Labute approximate surface area is 180 Å². The summed E-state index contributed by atoms with van der Waals surface area (Å²) in [6.07, 6.45) is 2.46. The largest absolute Gasteiger partial charge is 0.417 e. The zero-order valence-electron chi connectivity index (χ0n) is 17.8. The average molecular weight is 418 g/mol. The molecule has 3 aliphatic rings. The monoisotopic (exact) mass is 418 g/mol. The number of nitrogens with zero attached hydrogens (tertiary/aromatic N) is 2. The molecular formula is C24H26N4O3. The van der Waals surface area contributed by atoms with E-state index < -0.39 is 5.76 Å². The lowest BCUT2D eigenvalue weighted by Crippen LogP contribution is -2.63. The van der Waals surface area contributed by atoms with Gasteiger partial charge in [0.2, 0.25) is 0 Å². The number of aromatic amines is 1. The number of benzene rings is 2. The van der Waals surface area contributed by atoms with Gasteiger partial charge in [0.15, 0.2) is 5.58 Å². The molecule has 7 heteroatoms. The Kier molecular flexibility index (Phi) is 3.90. The van der Waals surface area contributed by atoms with Gasteiger partial charge in [-0.2, -0.15) is 0 Å². The molecule has 1 amide bonds. The first-order valence-corrected chi connectivity index (χ1v) is 10.9. The molecule has 1 atom stereocenters. The van der Waals surface area contributed by atoms with E-state index in [1.807, 2.05) is 35.2 Å². The Morgan fingerprint density at radius 1 is 1.16 bits per heavy atom. The fourth-order valence-corrected chi connectivity index (χ4v) is 5.87. The van der Waals surface area contributed by atoms with Crippen molar-refractivity contribution in [3.8, 4) is 0 Å². The van der Waals surface area contributed by atoms with Crippen LogP contribution in [0.2, 0.25) is 0 Å². The van der Waals surface area contributed by atoms with Crippen LogP contribution < -0.4 is 11.1 Å². The van der Waals surface area contributed by atoms with E-state index in [2.05, 4.69) is 35.2 Å². The molecule has 1 saturated carbocycles. The van der Waals surface area contributed by atoms with Gasteiger partial charge in [0, 0.05) is 36.9 Å². The van der Waals surface area contributed by atoms with Gasteiger partial charge in [-0.05, 0) is 73.7 Å². The fourth-order valence-electron chi connectivity index (χ4n) is 5.87. The Morgan fingerprint density at radius 3 is 2.74 bits per heavy atom. The molecule has 1 saturated heterocycles. The van der Waals surface area contributed by atoms with Crippen LogP contribution in [0.3, 0.4) is 0 Å². The van der Waals surface area contributed by atoms with E-state index in [-0.39, 0.29) is 11.9 Å². The highest BCUT2D eigenvalue weighted by molar-refractivity contribution is 5.99. The van der Waals surface area contributed by atoms with E-state index in [9.17, 15) is 9.59 Å². The van der Waals surface area contributed by atoms with E-state index in [1.54, 1.807) is 0 Å². The second-order valence-corrected chi connectivity index (χ2v) is 9.68. The van der Waals surface area contributed by atoms with E-state index in [1.165, 1.54) is 25.9 Å². The summed E-state index contributed by atoms with van der Waals surface area (Å²) < 4.78 is 5.16. The van der Waals surface area contributed by atoms with Gasteiger partial charge in [-0.1, -0.05) is 6.07 Å². The van der Waals surface area contributed by atoms with E-state index in [4.69, 9.17) is 4.42 Å². The third-order valence-corrected chi connectivity index (χ3v) is 7.24. The summed E-state index contributed by atoms with van der Waals surface area (Å²) in [5.74, 6) is -0.420. The van der Waals surface area contributed by atoms with Crippen LogP contribution in [-0.2, 0) is 6.54 Å². The average Bonchev–Trinajstić information content (AvgIpc) is 3.17. The quantitative estimate of drug-likeness (QED) is 0.679. The number of carbonyl (C=O) groups is 1. The van der Waals surface area contributed by atoms with Crippen molar-refractivity contribution in [1.82, 2.24) is 14.8 Å². The predicted octanol–water partition coefficient (Wildman–Crippen LogP) is 3.34. The Balaban J connectivity index is 1.18. The molecule has 2 fully saturated rings. The molecule has 2 aliphatic heterocycles. The molecule has 31 heavy (non-hydrogen) atoms. The van der Waals surface area contributed by atoms with Crippen molar-refractivity contribution in [2.75, 3.05) is 25.5 Å². The van der Waals surface area contributed by atoms with Crippen LogP contribution in [-0.4, -0.2) is 46.9 Å².